The third-order valence-corrected chi connectivity index (χ3v) is 5.44. The van der Waals surface area contributed by atoms with Gasteiger partial charge in [-0.2, -0.15) is 0 Å². The van der Waals surface area contributed by atoms with Crippen molar-refractivity contribution in [3.8, 4) is 16.3 Å². The predicted octanol–water partition coefficient (Wildman–Crippen LogP) is 4.60. The Labute approximate surface area is 162 Å². The van der Waals surface area contributed by atoms with E-state index in [1.165, 1.54) is 29.6 Å². The Bertz CT molecular complexity index is 1120. The Morgan fingerprint density at radius 3 is 2.63 bits per heavy atom. The number of benzene rings is 2. The Morgan fingerprint density at radius 2 is 1.81 bits per heavy atom. The van der Waals surface area contributed by atoms with E-state index in [0.29, 0.717) is 10.9 Å². The molecule has 0 unspecified atom stereocenters. The smallest absolute Gasteiger partial charge is 0.363 e. The number of thiazole rings is 2. The lowest BCUT2D eigenvalue weighted by molar-refractivity contribution is -0.114. The van der Waals surface area contributed by atoms with E-state index >= 15 is 0 Å². The van der Waals surface area contributed by atoms with Crippen LogP contribution in [0.3, 0.4) is 0 Å². The molecule has 27 heavy (non-hydrogen) atoms. The number of hydrogen-bond acceptors (Lipinski definition) is 7. The molecule has 1 N–H and O–H groups in total. The zero-order valence-electron chi connectivity index (χ0n) is 14.1. The fourth-order valence-corrected chi connectivity index (χ4v) is 4.17. The number of para-hydroxylation sites is 2. The highest BCUT2D eigenvalue weighted by Gasteiger charge is 2.17. The van der Waals surface area contributed by atoms with Crippen LogP contribution in [0.15, 0.2) is 53.9 Å². The maximum Gasteiger partial charge on any atom is 0.363 e. The Morgan fingerprint density at radius 1 is 1.04 bits per heavy atom. The van der Waals surface area contributed by atoms with Crippen LogP contribution in [-0.4, -0.2) is 21.8 Å². The summed E-state index contributed by atoms with van der Waals surface area (Å²) in [4.78, 5) is 32.3. The first-order valence-corrected chi connectivity index (χ1v) is 9.70. The quantitative estimate of drug-likeness (QED) is 0.403. The van der Waals surface area contributed by atoms with Gasteiger partial charge in [-0.05, 0) is 24.3 Å². The number of amides is 1. The SMILES string of the molecule is CC(=O)Nc1nc(C(=O)Oc2ccccc2-c2nc3ccccc3s2)cs1. The van der Waals surface area contributed by atoms with E-state index in [9.17, 15) is 9.59 Å². The van der Waals surface area contributed by atoms with E-state index in [-0.39, 0.29) is 11.6 Å². The summed E-state index contributed by atoms with van der Waals surface area (Å²) >= 11 is 2.70. The standard InChI is InChI=1S/C19H13N3O3S2/c1-11(23)20-19-22-14(10-26-19)18(24)25-15-8-4-2-6-12(15)17-21-13-7-3-5-9-16(13)27-17/h2-10H,1H3,(H,20,22,23). The molecule has 0 aliphatic carbocycles. The van der Waals surface area contributed by atoms with E-state index in [1.54, 1.807) is 17.5 Å². The molecule has 2 aromatic heterocycles. The van der Waals surface area contributed by atoms with Crippen molar-refractivity contribution in [1.29, 1.82) is 0 Å². The highest BCUT2D eigenvalue weighted by Crippen LogP contribution is 2.35. The van der Waals surface area contributed by atoms with Crippen molar-refractivity contribution >= 4 is 49.9 Å². The summed E-state index contributed by atoms with van der Waals surface area (Å²) in [6.45, 7) is 1.38. The molecule has 0 fully saturated rings. The number of carbonyl (C=O) groups excluding carboxylic acids is 2. The van der Waals surface area contributed by atoms with Gasteiger partial charge in [0, 0.05) is 12.3 Å². The van der Waals surface area contributed by atoms with Crippen molar-refractivity contribution in [2.24, 2.45) is 0 Å². The van der Waals surface area contributed by atoms with Gasteiger partial charge in [0.2, 0.25) is 5.91 Å². The summed E-state index contributed by atoms with van der Waals surface area (Å²) < 4.78 is 6.62. The molecule has 2 aromatic carbocycles. The lowest BCUT2D eigenvalue weighted by Crippen LogP contribution is -2.11. The average Bonchev–Trinajstić information content (AvgIpc) is 3.28. The lowest BCUT2D eigenvalue weighted by Gasteiger charge is -2.06. The molecule has 4 rings (SSSR count). The van der Waals surface area contributed by atoms with Gasteiger partial charge in [0.05, 0.1) is 15.8 Å². The number of aromatic nitrogens is 2. The first-order chi connectivity index (χ1) is 13.1. The van der Waals surface area contributed by atoms with Crippen LogP contribution >= 0.6 is 22.7 Å². The van der Waals surface area contributed by atoms with Gasteiger partial charge >= 0.3 is 5.97 Å². The summed E-state index contributed by atoms with van der Waals surface area (Å²) in [5, 5.41) is 5.23. The van der Waals surface area contributed by atoms with Crippen molar-refractivity contribution in [3.05, 3.63) is 59.6 Å². The summed E-state index contributed by atoms with van der Waals surface area (Å²) in [5.74, 6) is -0.419. The summed E-state index contributed by atoms with van der Waals surface area (Å²) in [5.41, 5.74) is 1.78. The van der Waals surface area contributed by atoms with Gasteiger partial charge in [-0.3, -0.25) is 4.79 Å². The second kappa shape index (κ2) is 7.26. The minimum Gasteiger partial charge on any atom is -0.421 e. The lowest BCUT2D eigenvalue weighted by atomic mass is 10.2. The number of nitrogens with zero attached hydrogens (tertiary/aromatic N) is 2. The van der Waals surface area contributed by atoms with Crippen molar-refractivity contribution < 1.29 is 14.3 Å². The van der Waals surface area contributed by atoms with Crippen LogP contribution in [0.25, 0.3) is 20.8 Å². The van der Waals surface area contributed by atoms with Gasteiger partial charge in [0.25, 0.3) is 0 Å². The van der Waals surface area contributed by atoms with Gasteiger partial charge in [0.1, 0.15) is 10.8 Å². The van der Waals surface area contributed by atoms with Gasteiger partial charge in [-0.15, -0.1) is 22.7 Å². The Kier molecular flexibility index (Phi) is 4.66. The largest absolute Gasteiger partial charge is 0.421 e. The van der Waals surface area contributed by atoms with E-state index in [2.05, 4.69) is 15.3 Å². The molecule has 0 saturated carbocycles. The number of fused-ring (bicyclic) bond motifs is 1. The number of nitrogens with one attached hydrogen (secondary N) is 1. The summed E-state index contributed by atoms with van der Waals surface area (Å²) in [6, 6.07) is 15.1. The molecular formula is C19H13N3O3S2. The fourth-order valence-electron chi connectivity index (χ4n) is 2.45. The molecule has 2 heterocycles. The molecule has 1 amide bonds. The number of ether oxygens (including phenoxy) is 1. The molecule has 8 heteroatoms. The van der Waals surface area contributed by atoms with Crippen molar-refractivity contribution in [2.45, 2.75) is 6.92 Å². The van der Waals surface area contributed by atoms with Crippen molar-refractivity contribution in [3.63, 3.8) is 0 Å². The van der Waals surface area contributed by atoms with E-state index in [4.69, 9.17) is 4.74 Å². The second-order valence-corrected chi connectivity index (χ2v) is 7.48. The fraction of sp³-hybridized carbons (Fsp3) is 0.0526. The molecule has 0 radical (unpaired) electrons. The number of anilines is 1. The van der Waals surface area contributed by atoms with Gasteiger partial charge in [-0.1, -0.05) is 24.3 Å². The van der Waals surface area contributed by atoms with Crippen LogP contribution in [0.1, 0.15) is 17.4 Å². The zero-order valence-corrected chi connectivity index (χ0v) is 15.8. The van der Waals surface area contributed by atoms with Gasteiger partial charge < -0.3 is 10.1 Å². The van der Waals surface area contributed by atoms with Crippen LogP contribution < -0.4 is 10.1 Å². The third kappa shape index (κ3) is 3.71. The van der Waals surface area contributed by atoms with Crippen LogP contribution in [0.2, 0.25) is 0 Å². The van der Waals surface area contributed by atoms with Crippen LogP contribution in [-0.2, 0) is 4.79 Å². The van der Waals surface area contributed by atoms with Crippen molar-refractivity contribution in [1.82, 2.24) is 9.97 Å². The summed E-state index contributed by atoms with van der Waals surface area (Å²) in [6.07, 6.45) is 0. The van der Waals surface area contributed by atoms with Crippen LogP contribution in [0.5, 0.6) is 5.75 Å². The van der Waals surface area contributed by atoms with Crippen LogP contribution in [0.4, 0.5) is 5.13 Å². The second-order valence-electron chi connectivity index (χ2n) is 5.59. The van der Waals surface area contributed by atoms with E-state index in [0.717, 1.165) is 20.8 Å². The van der Waals surface area contributed by atoms with Crippen LogP contribution in [0, 0.1) is 0 Å². The molecule has 0 bridgehead atoms. The molecule has 0 saturated heterocycles. The minimum absolute atomic E-state index is 0.142. The molecule has 0 aliphatic heterocycles. The Hall–Kier alpha value is -3.10. The summed E-state index contributed by atoms with van der Waals surface area (Å²) in [7, 11) is 0. The molecule has 4 aromatic rings. The number of hydrogen-bond donors (Lipinski definition) is 1. The molecule has 0 spiro atoms. The molecule has 6 nitrogen and oxygen atoms in total. The number of carbonyl (C=O) groups is 2. The molecular weight excluding hydrogens is 382 g/mol. The predicted molar refractivity (Wildman–Crippen MR) is 106 cm³/mol. The first-order valence-electron chi connectivity index (χ1n) is 8.00. The number of rotatable bonds is 4. The molecule has 0 atom stereocenters. The topological polar surface area (TPSA) is 81.2 Å². The molecule has 134 valence electrons. The Balaban J connectivity index is 1.62. The maximum atomic E-state index is 12.5. The highest BCUT2D eigenvalue weighted by atomic mass is 32.1. The first kappa shape index (κ1) is 17.3. The number of esters is 1. The average molecular weight is 395 g/mol. The van der Waals surface area contributed by atoms with E-state index < -0.39 is 5.97 Å². The third-order valence-electron chi connectivity index (χ3n) is 3.61. The zero-order chi connectivity index (χ0) is 18.8. The molecule has 0 aliphatic rings. The maximum absolute atomic E-state index is 12.5. The monoisotopic (exact) mass is 395 g/mol. The van der Waals surface area contributed by atoms with Crippen molar-refractivity contribution in [2.75, 3.05) is 5.32 Å². The van der Waals surface area contributed by atoms with Gasteiger partial charge in [-0.25, -0.2) is 14.8 Å². The van der Waals surface area contributed by atoms with Gasteiger partial charge in [0.15, 0.2) is 10.8 Å². The highest BCUT2D eigenvalue weighted by molar-refractivity contribution is 7.21. The normalized spacial score (nSPS) is 10.7. The van der Waals surface area contributed by atoms with E-state index in [1.807, 2.05) is 36.4 Å². The minimum atomic E-state index is -0.587.